The molecule has 4 nitrogen and oxygen atoms in total. The fourth-order valence-corrected chi connectivity index (χ4v) is 2.98. The Labute approximate surface area is 126 Å². The SMILES string of the molecule is CCOc1cccc(OC2CCC(C#N)(NC3CC3)C2)c1. The zero-order valence-corrected chi connectivity index (χ0v) is 12.5. The van der Waals surface area contributed by atoms with Gasteiger partial charge in [0, 0.05) is 18.5 Å². The third-order valence-electron chi connectivity index (χ3n) is 4.16. The molecule has 2 fully saturated rings. The second kappa shape index (κ2) is 5.95. The van der Waals surface area contributed by atoms with Crippen molar-refractivity contribution in [2.24, 2.45) is 0 Å². The van der Waals surface area contributed by atoms with Crippen LogP contribution in [0.2, 0.25) is 0 Å². The summed E-state index contributed by atoms with van der Waals surface area (Å²) >= 11 is 0. The van der Waals surface area contributed by atoms with Crippen molar-refractivity contribution in [2.45, 2.75) is 56.7 Å². The second-order valence-electron chi connectivity index (χ2n) is 6.00. The average Bonchev–Trinajstić information content (AvgIpc) is 3.20. The Morgan fingerprint density at radius 2 is 2.14 bits per heavy atom. The van der Waals surface area contributed by atoms with E-state index in [-0.39, 0.29) is 11.6 Å². The van der Waals surface area contributed by atoms with Crippen LogP contribution in [0.3, 0.4) is 0 Å². The van der Waals surface area contributed by atoms with Crippen molar-refractivity contribution in [3.8, 4) is 17.6 Å². The molecule has 1 N–H and O–H groups in total. The highest BCUT2D eigenvalue weighted by molar-refractivity contribution is 5.33. The molecule has 3 rings (SSSR count). The van der Waals surface area contributed by atoms with Gasteiger partial charge in [0.25, 0.3) is 0 Å². The molecule has 2 aliphatic carbocycles. The molecular formula is C17H22N2O2. The lowest BCUT2D eigenvalue weighted by Gasteiger charge is -2.22. The summed E-state index contributed by atoms with van der Waals surface area (Å²) in [5.74, 6) is 1.65. The minimum atomic E-state index is -0.386. The molecule has 2 unspecified atom stereocenters. The van der Waals surface area contributed by atoms with Crippen molar-refractivity contribution < 1.29 is 9.47 Å². The maximum atomic E-state index is 9.50. The minimum Gasteiger partial charge on any atom is -0.494 e. The number of hydrogen-bond acceptors (Lipinski definition) is 4. The summed E-state index contributed by atoms with van der Waals surface area (Å²) < 4.78 is 11.5. The Balaban J connectivity index is 1.61. The summed E-state index contributed by atoms with van der Waals surface area (Å²) in [7, 11) is 0. The van der Waals surface area contributed by atoms with Crippen molar-refractivity contribution >= 4 is 0 Å². The number of rotatable bonds is 6. The van der Waals surface area contributed by atoms with Crippen LogP contribution in [-0.4, -0.2) is 24.3 Å². The van der Waals surface area contributed by atoms with Crippen LogP contribution in [0.15, 0.2) is 24.3 Å². The highest BCUT2D eigenvalue weighted by Gasteiger charge is 2.43. The van der Waals surface area contributed by atoms with Gasteiger partial charge in [-0.25, -0.2) is 0 Å². The van der Waals surface area contributed by atoms with Crippen LogP contribution in [-0.2, 0) is 0 Å². The lowest BCUT2D eigenvalue weighted by Crippen LogP contribution is -2.43. The van der Waals surface area contributed by atoms with Gasteiger partial charge >= 0.3 is 0 Å². The Morgan fingerprint density at radius 3 is 2.86 bits per heavy atom. The van der Waals surface area contributed by atoms with Crippen LogP contribution < -0.4 is 14.8 Å². The standard InChI is InChI=1S/C17H22N2O2/c1-2-20-14-4-3-5-15(10-14)21-16-8-9-17(11-16,12-18)19-13-6-7-13/h3-5,10,13,16,19H,2,6-9,11H2,1H3. The predicted molar refractivity (Wildman–Crippen MR) is 80.4 cm³/mol. The quantitative estimate of drug-likeness (QED) is 0.873. The van der Waals surface area contributed by atoms with Crippen LogP contribution >= 0.6 is 0 Å². The average molecular weight is 286 g/mol. The van der Waals surface area contributed by atoms with Gasteiger partial charge < -0.3 is 9.47 Å². The zero-order chi connectivity index (χ0) is 14.7. The molecule has 1 aromatic rings. The van der Waals surface area contributed by atoms with Gasteiger partial charge in [0.2, 0.25) is 0 Å². The molecule has 0 spiro atoms. The van der Waals surface area contributed by atoms with Crippen molar-refractivity contribution in [1.29, 1.82) is 5.26 Å². The van der Waals surface area contributed by atoms with Gasteiger partial charge in [-0.15, -0.1) is 0 Å². The number of benzene rings is 1. The number of nitriles is 1. The van der Waals surface area contributed by atoms with Gasteiger partial charge in [-0.2, -0.15) is 5.26 Å². The molecule has 1 aromatic carbocycles. The normalized spacial score (nSPS) is 28.1. The van der Waals surface area contributed by atoms with E-state index in [1.807, 2.05) is 31.2 Å². The summed E-state index contributed by atoms with van der Waals surface area (Å²) in [6.07, 6.45) is 5.06. The van der Waals surface area contributed by atoms with E-state index in [0.717, 1.165) is 30.8 Å². The molecule has 0 amide bonds. The lowest BCUT2D eigenvalue weighted by atomic mass is 9.99. The van der Waals surface area contributed by atoms with Crippen LogP contribution in [0.1, 0.15) is 39.0 Å². The minimum absolute atomic E-state index is 0.104. The summed E-state index contributed by atoms with van der Waals surface area (Å²) in [5, 5.41) is 13.0. The van der Waals surface area contributed by atoms with E-state index in [0.29, 0.717) is 12.6 Å². The Bertz CT molecular complexity index is 536. The van der Waals surface area contributed by atoms with E-state index in [1.165, 1.54) is 12.8 Å². The molecule has 0 aromatic heterocycles. The third kappa shape index (κ3) is 3.48. The van der Waals surface area contributed by atoms with E-state index in [1.54, 1.807) is 0 Å². The van der Waals surface area contributed by atoms with E-state index in [2.05, 4.69) is 11.4 Å². The monoisotopic (exact) mass is 286 g/mol. The molecular weight excluding hydrogens is 264 g/mol. The molecule has 2 atom stereocenters. The van der Waals surface area contributed by atoms with Crippen LogP contribution in [0, 0.1) is 11.3 Å². The molecule has 112 valence electrons. The fraction of sp³-hybridized carbons (Fsp3) is 0.588. The molecule has 0 bridgehead atoms. The molecule has 0 aliphatic heterocycles. The Hall–Kier alpha value is -1.73. The maximum absolute atomic E-state index is 9.50. The topological polar surface area (TPSA) is 54.3 Å². The molecule has 0 heterocycles. The second-order valence-corrected chi connectivity index (χ2v) is 6.00. The fourth-order valence-electron chi connectivity index (χ4n) is 2.98. The first kappa shape index (κ1) is 14.2. The largest absolute Gasteiger partial charge is 0.494 e. The van der Waals surface area contributed by atoms with E-state index in [4.69, 9.17) is 9.47 Å². The zero-order valence-electron chi connectivity index (χ0n) is 12.5. The number of nitrogens with zero attached hydrogens (tertiary/aromatic N) is 1. The van der Waals surface area contributed by atoms with Crippen molar-refractivity contribution in [1.82, 2.24) is 5.32 Å². The number of nitrogens with one attached hydrogen (secondary N) is 1. The van der Waals surface area contributed by atoms with Crippen LogP contribution in [0.25, 0.3) is 0 Å². The summed E-state index contributed by atoms with van der Waals surface area (Å²) in [5.41, 5.74) is -0.386. The molecule has 21 heavy (non-hydrogen) atoms. The first-order valence-corrected chi connectivity index (χ1v) is 7.81. The summed E-state index contributed by atoms with van der Waals surface area (Å²) in [6.45, 7) is 2.62. The molecule has 2 saturated carbocycles. The van der Waals surface area contributed by atoms with Crippen LogP contribution in [0.5, 0.6) is 11.5 Å². The number of ether oxygens (including phenoxy) is 2. The highest BCUT2D eigenvalue weighted by atomic mass is 16.5. The van der Waals surface area contributed by atoms with Gasteiger partial charge in [-0.05, 0) is 44.7 Å². The van der Waals surface area contributed by atoms with Gasteiger partial charge in [0.05, 0.1) is 12.7 Å². The van der Waals surface area contributed by atoms with E-state index in [9.17, 15) is 5.26 Å². The predicted octanol–water partition coefficient (Wildman–Crippen LogP) is 3.03. The van der Waals surface area contributed by atoms with Crippen molar-refractivity contribution in [2.75, 3.05) is 6.61 Å². The van der Waals surface area contributed by atoms with Crippen LogP contribution in [0.4, 0.5) is 0 Å². The van der Waals surface area contributed by atoms with Gasteiger partial charge in [-0.1, -0.05) is 6.07 Å². The summed E-state index contributed by atoms with van der Waals surface area (Å²) in [4.78, 5) is 0. The first-order chi connectivity index (χ1) is 10.2. The molecule has 0 radical (unpaired) electrons. The molecule has 0 saturated heterocycles. The first-order valence-electron chi connectivity index (χ1n) is 7.81. The van der Waals surface area contributed by atoms with Crippen molar-refractivity contribution in [3.05, 3.63) is 24.3 Å². The molecule has 2 aliphatic rings. The maximum Gasteiger partial charge on any atom is 0.123 e. The van der Waals surface area contributed by atoms with E-state index >= 15 is 0 Å². The summed E-state index contributed by atoms with van der Waals surface area (Å²) in [6, 6.07) is 10.8. The smallest absolute Gasteiger partial charge is 0.123 e. The van der Waals surface area contributed by atoms with Gasteiger partial charge in [0.1, 0.15) is 23.1 Å². The van der Waals surface area contributed by atoms with Crippen molar-refractivity contribution in [3.63, 3.8) is 0 Å². The lowest BCUT2D eigenvalue weighted by molar-refractivity contribution is 0.199. The Morgan fingerprint density at radius 1 is 1.33 bits per heavy atom. The molecule has 4 heteroatoms. The third-order valence-corrected chi connectivity index (χ3v) is 4.16. The highest BCUT2D eigenvalue weighted by Crippen LogP contribution is 2.36. The van der Waals surface area contributed by atoms with Gasteiger partial charge in [0.15, 0.2) is 0 Å². The van der Waals surface area contributed by atoms with Gasteiger partial charge in [-0.3, -0.25) is 5.32 Å². The van der Waals surface area contributed by atoms with E-state index < -0.39 is 0 Å². The Kier molecular flexibility index (Phi) is 4.03. The number of hydrogen-bond donors (Lipinski definition) is 1.